The highest BCUT2D eigenvalue weighted by atomic mass is 16.7. The second-order valence-electron chi connectivity index (χ2n) is 20.2. The molecular formula is C41H66O12. The third-order valence-electron chi connectivity index (χ3n) is 16.9. The van der Waals surface area contributed by atoms with E-state index in [9.17, 15) is 40.5 Å². The number of carboxylic acid groups (broad SMARTS) is 1. The molecule has 0 bridgehead atoms. The predicted molar refractivity (Wildman–Crippen MR) is 192 cm³/mol. The molecule has 7 N–H and O–H groups in total. The first-order valence-corrected chi connectivity index (χ1v) is 20.2. The number of rotatable bonds is 6. The van der Waals surface area contributed by atoms with Gasteiger partial charge in [0.2, 0.25) is 0 Å². The zero-order valence-corrected chi connectivity index (χ0v) is 32.7. The van der Waals surface area contributed by atoms with Crippen LogP contribution >= 0.6 is 0 Å². The molecule has 2 heterocycles. The Labute approximate surface area is 314 Å². The minimum absolute atomic E-state index is 0.00551. The van der Waals surface area contributed by atoms with E-state index in [4.69, 9.17) is 18.9 Å². The van der Waals surface area contributed by atoms with Crippen LogP contribution in [0.5, 0.6) is 0 Å². The smallest absolute Gasteiger partial charge is 0.310 e. The molecule has 302 valence electrons. The fraction of sp³-hybridized carbons (Fsp3) is 0.927. The summed E-state index contributed by atoms with van der Waals surface area (Å²) in [5, 5.41) is 73.5. The lowest BCUT2D eigenvalue weighted by Gasteiger charge is -2.71. The zero-order valence-electron chi connectivity index (χ0n) is 32.7. The first-order valence-electron chi connectivity index (χ1n) is 20.2. The highest BCUT2D eigenvalue weighted by Gasteiger charge is 2.69. The van der Waals surface area contributed by atoms with Crippen LogP contribution in [0.2, 0.25) is 0 Å². The topological polar surface area (TPSA) is 196 Å². The van der Waals surface area contributed by atoms with Gasteiger partial charge in [0.05, 0.1) is 24.7 Å². The summed E-state index contributed by atoms with van der Waals surface area (Å²) >= 11 is 0. The first-order chi connectivity index (χ1) is 24.7. The van der Waals surface area contributed by atoms with Crippen molar-refractivity contribution in [2.75, 3.05) is 13.2 Å². The van der Waals surface area contributed by atoms with Crippen LogP contribution in [0.25, 0.3) is 0 Å². The molecule has 0 amide bonds. The van der Waals surface area contributed by atoms with Crippen LogP contribution in [0.4, 0.5) is 0 Å². The van der Waals surface area contributed by atoms with Crippen molar-refractivity contribution in [3.05, 3.63) is 11.6 Å². The lowest BCUT2D eigenvalue weighted by atomic mass is 9.33. The van der Waals surface area contributed by atoms with Gasteiger partial charge in [0.15, 0.2) is 12.6 Å². The normalized spacial score (nSPS) is 53.3. The van der Waals surface area contributed by atoms with Crippen molar-refractivity contribution < 1.29 is 59.5 Å². The van der Waals surface area contributed by atoms with Crippen molar-refractivity contribution in [1.29, 1.82) is 0 Å². The minimum atomic E-state index is -1.68. The second kappa shape index (κ2) is 13.5. The Morgan fingerprint density at radius 2 is 1.51 bits per heavy atom. The molecule has 2 aliphatic heterocycles. The molecule has 0 spiro atoms. The number of carboxylic acids is 1. The maximum atomic E-state index is 13.0. The van der Waals surface area contributed by atoms with Crippen LogP contribution in [0.1, 0.15) is 113 Å². The number of fused-ring (bicyclic) bond motifs is 7. The van der Waals surface area contributed by atoms with Gasteiger partial charge in [0.25, 0.3) is 0 Å². The number of aliphatic hydroxyl groups is 6. The van der Waals surface area contributed by atoms with Gasteiger partial charge in [0.1, 0.15) is 42.7 Å². The van der Waals surface area contributed by atoms with E-state index in [2.05, 4.69) is 54.5 Å². The van der Waals surface area contributed by atoms with Crippen molar-refractivity contribution in [2.24, 2.45) is 50.2 Å². The van der Waals surface area contributed by atoms with E-state index in [1.165, 1.54) is 5.57 Å². The molecule has 0 aromatic rings. The van der Waals surface area contributed by atoms with Gasteiger partial charge in [-0.2, -0.15) is 0 Å². The summed E-state index contributed by atoms with van der Waals surface area (Å²) in [5.74, 6) is 0.186. The quantitative estimate of drug-likeness (QED) is 0.155. The van der Waals surface area contributed by atoms with Crippen LogP contribution in [-0.2, 0) is 23.7 Å². The summed E-state index contributed by atoms with van der Waals surface area (Å²) in [6.07, 6.45) is -1.65. The minimum Gasteiger partial charge on any atom is -0.481 e. The van der Waals surface area contributed by atoms with E-state index in [0.717, 1.165) is 64.2 Å². The average molecular weight is 751 g/mol. The van der Waals surface area contributed by atoms with E-state index in [-0.39, 0.29) is 45.7 Å². The van der Waals surface area contributed by atoms with Gasteiger partial charge < -0.3 is 54.7 Å². The molecule has 7 rings (SSSR count). The Balaban J connectivity index is 1.09. The monoisotopic (exact) mass is 750 g/mol. The highest BCUT2D eigenvalue weighted by Crippen LogP contribution is 2.76. The lowest BCUT2D eigenvalue weighted by Crippen LogP contribution is -2.66. The molecule has 0 aromatic heterocycles. The van der Waals surface area contributed by atoms with Crippen molar-refractivity contribution in [3.8, 4) is 0 Å². The van der Waals surface area contributed by atoms with Crippen LogP contribution in [0.15, 0.2) is 11.6 Å². The van der Waals surface area contributed by atoms with E-state index in [1.807, 2.05) is 0 Å². The number of aliphatic hydroxyl groups excluding tert-OH is 6. The summed E-state index contributed by atoms with van der Waals surface area (Å²) in [6, 6.07) is 0. The molecule has 17 atom stereocenters. The Bertz CT molecular complexity index is 1430. The largest absolute Gasteiger partial charge is 0.481 e. The van der Waals surface area contributed by atoms with Crippen LogP contribution in [-0.4, -0.2) is 116 Å². The van der Waals surface area contributed by atoms with Gasteiger partial charge in [-0.1, -0.05) is 60.1 Å². The SMILES string of the molecule is CC1(C)CC[C@]2(C(=O)O)CC[C@]3(C)C(=CCC4[C@@]5(C)CC[C@H](O[C@@H]6OC[C@@H](O)[C@H](O[C@@H]7OC(CO)[C@H](O)[C@H](O)C7O)C6O)C(C)(C)C5CC[C@]43C)C2C1. The molecule has 7 aliphatic rings. The molecule has 6 fully saturated rings. The van der Waals surface area contributed by atoms with E-state index in [1.54, 1.807) is 0 Å². The van der Waals surface area contributed by atoms with Crippen LogP contribution < -0.4 is 0 Å². The number of hydrogen-bond acceptors (Lipinski definition) is 11. The van der Waals surface area contributed by atoms with E-state index < -0.39 is 73.3 Å². The molecule has 0 radical (unpaired) electrons. The third kappa shape index (κ3) is 5.94. The van der Waals surface area contributed by atoms with Gasteiger partial charge in [-0.25, -0.2) is 0 Å². The molecule has 0 aromatic carbocycles. The Hall–Kier alpha value is -1.19. The Kier molecular flexibility index (Phi) is 10.2. The number of hydrogen-bond donors (Lipinski definition) is 7. The average Bonchev–Trinajstić information content (AvgIpc) is 3.08. The maximum absolute atomic E-state index is 13.0. The summed E-state index contributed by atoms with van der Waals surface area (Å²) in [4.78, 5) is 13.0. The van der Waals surface area contributed by atoms with E-state index >= 15 is 0 Å². The lowest BCUT2D eigenvalue weighted by molar-refractivity contribution is -0.357. The molecule has 4 saturated carbocycles. The first kappa shape index (κ1) is 40.0. The number of carbonyl (C=O) groups is 1. The number of allylic oxidation sites excluding steroid dienone is 2. The van der Waals surface area contributed by atoms with Crippen molar-refractivity contribution >= 4 is 5.97 Å². The standard InChI is InChI=1S/C41H66O12/c1-36(2)14-16-41(35(48)49)17-15-39(6)21(22(41)18-36)8-9-26-38(5)12-11-27(37(3,4)25(38)10-13-40(26,39)7)52-33-31(47)32(23(43)20-50-33)53-34-30(46)29(45)28(44)24(19-42)51-34/h8,22-34,42-47H,9-20H2,1-7H3,(H,48,49)/t22?,23-,24?,25?,26?,27+,28+,29+,30?,31?,32+,33+,34+,38+,39-,40-,41+/m1/s1. The molecule has 53 heavy (non-hydrogen) atoms. The number of ether oxygens (including phenoxy) is 4. The van der Waals surface area contributed by atoms with Gasteiger partial charge in [-0.15, -0.1) is 0 Å². The summed E-state index contributed by atoms with van der Waals surface area (Å²) in [6.45, 7) is 15.7. The molecule has 5 aliphatic carbocycles. The summed E-state index contributed by atoms with van der Waals surface area (Å²) < 4.78 is 23.8. The Morgan fingerprint density at radius 1 is 0.811 bits per heavy atom. The zero-order chi connectivity index (χ0) is 38.7. The second-order valence-corrected chi connectivity index (χ2v) is 20.2. The highest BCUT2D eigenvalue weighted by molar-refractivity contribution is 5.76. The molecule has 2 saturated heterocycles. The van der Waals surface area contributed by atoms with Crippen molar-refractivity contribution in [3.63, 3.8) is 0 Å². The van der Waals surface area contributed by atoms with Gasteiger partial charge >= 0.3 is 5.97 Å². The molecular weight excluding hydrogens is 684 g/mol. The third-order valence-corrected chi connectivity index (χ3v) is 16.9. The fourth-order valence-electron chi connectivity index (χ4n) is 13.4. The van der Waals surface area contributed by atoms with Crippen molar-refractivity contribution in [1.82, 2.24) is 0 Å². The van der Waals surface area contributed by atoms with Crippen LogP contribution in [0.3, 0.4) is 0 Å². The van der Waals surface area contributed by atoms with Gasteiger partial charge in [-0.3, -0.25) is 4.79 Å². The molecule has 6 unspecified atom stereocenters. The van der Waals surface area contributed by atoms with Crippen LogP contribution in [0, 0.1) is 50.2 Å². The fourth-order valence-corrected chi connectivity index (χ4v) is 13.4. The van der Waals surface area contributed by atoms with Crippen molar-refractivity contribution in [2.45, 2.75) is 174 Å². The molecule has 12 nitrogen and oxygen atoms in total. The molecule has 12 heteroatoms. The maximum Gasteiger partial charge on any atom is 0.310 e. The van der Waals surface area contributed by atoms with Gasteiger partial charge in [0, 0.05) is 0 Å². The number of aliphatic carboxylic acids is 1. The summed E-state index contributed by atoms with van der Waals surface area (Å²) in [7, 11) is 0. The predicted octanol–water partition coefficient (Wildman–Crippen LogP) is 3.52. The van der Waals surface area contributed by atoms with E-state index in [0.29, 0.717) is 11.8 Å². The Morgan fingerprint density at radius 3 is 2.19 bits per heavy atom. The summed E-state index contributed by atoms with van der Waals surface area (Å²) in [5.41, 5.74) is 0.523. The van der Waals surface area contributed by atoms with Gasteiger partial charge in [-0.05, 0) is 109 Å².